The van der Waals surface area contributed by atoms with Gasteiger partial charge in [-0.25, -0.2) is 4.98 Å². The third kappa shape index (κ3) is 1.85. The highest BCUT2D eigenvalue weighted by Gasteiger charge is 2.07. The summed E-state index contributed by atoms with van der Waals surface area (Å²) in [7, 11) is 0. The minimum Gasteiger partial charge on any atom is -0.397 e. The Morgan fingerprint density at radius 2 is 2.06 bits per heavy atom. The van der Waals surface area contributed by atoms with E-state index < -0.39 is 0 Å². The van der Waals surface area contributed by atoms with Crippen LogP contribution in [0.4, 0.5) is 5.69 Å². The van der Waals surface area contributed by atoms with Gasteiger partial charge in [0.2, 0.25) is 0 Å². The average Bonchev–Trinajstić information content (AvgIpc) is 2.86. The number of anilines is 1. The van der Waals surface area contributed by atoms with Gasteiger partial charge in [-0.1, -0.05) is 0 Å². The van der Waals surface area contributed by atoms with Gasteiger partial charge in [0.15, 0.2) is 5.16 Å². The summed E-state index contributed by atoms with van der Waals surface area (Å²) in [6.45, 7) is 0. The number of imidazole rings is 1. The highest BCUT2D eigenvalue weighted by Crippen LogP contribution is 2.33. The zero-order valence-corrected chi connectivity index (χ0v) is 9.74. The fraction of sp³-hybridized carbons (Fsp3) is 0. The van der Waals surface area contributed by atoms with Gasteiger partial charge in [0.25, 0.3) is 0 Å². The molecule has 0 amide bonds. The number of nitrogens with zero attached hydrogens (tertiary/aromatic N) is 2. The van der Waals surface area contributed by atoms with Crippen molar-refractivity contribution in [3.8, 4) is 0 Å². The van der Waals surface area contributed by atoms with Crippen molar-refractivity contribution >= 4 is 28.4 Å². The lowest BCUT2D eigenvalue weighted by Crippen LogP contribution is -1.91. The molecule has 0 aliphatic carbocycles. The largest absolute Gasteiger partial charge is 0.397 e. The Labute approximate surface area is 102 Å². The van der Waals surface area contributed by atoms with Crippen LogP contribution in [0.25, 0.3) is 10.9 Å². The lowest BCUT2D eigenvalue weighted by molar-refractivity contribution is 1.06. The van der Waals surface area contributed by atoms with Crippen molar-refractivity contribution in [3.05, 3.63) is 42.9 Å². The van der Waals surface area contributed by atoms with Crippen LogP contribution in [-0.2, 0) is 0 Å². The molecule has 0 fully saturated rings. The zero-order chi connectivity index (χ0) is 11.7. The predicted molar refractivity (Wildman–Crippen MR) is 68.9 cm³/mol. The van der Waals surface area contributed by atoms with E-state index >= 15 is 0 Å². The molecule has 2 heterocycles. The summed E-state index contributed by atoms with van der Waals surface area (Å²) in [6.07, 6.45) is 5.28. The van der Waals surface area contributed by atoms with Crippen LogP contribution in [-0.4, -0.2) is 15.0 Å². The van der Waals surface area contributed by atoms with Crippen molar-refractivity contribution in [2.24, 2.45) is 0 Å². The fourth-order valence-electron chi connectivity index (χ4n) is 1.65. The first-order valence-electron chi connectivity index (χ1n) is 5.15. The summed E-state index contributed by atoms with van der Waals surface area (Å²) in [5.41, 5.74) is 7.79. The van der Waals surface area contributed by atoms with Crippen LogP contribution in [0, 0.1) is 0 Å². The third-order valence-corrected chi connectivity index (χ3v) is 3.46. The number of hydrogen-bond acceptors (Lipinski definition) is 4. The van der Waals surface area contributed by atoms with Crippen LogP contribution in [0.15, 0.2) is 52.9 Å². The lowest BCUT2D eigenvalue weighted by Gasteiger charge is -2.06. The molecular formula is C12H10N4S. The summed E-state index contributed by atoms with van der Waals surface area (Å²) >= 11 is 1.52. The van der Waals surface area contributed by atoms with Crippen LogP contribution in [0.2, 0.25) is 0 Å². The summed E-state index contributed by atoms with van der Waals surface area (Å²) in [4.78, 5) is 12.5. The normalized spacial score (nSPS) is 10.8. The molecule has 0 bridgehead atoms. The Bertz CT molecular complexity index is 649. The molecule has 17 heavy (non-hydrogen) atoms. The second-order valence-corrected chi connectivity index (χ2v) is 4.57. The van der Waals surface area contributed by atoms with Gasteiger partial charge in [-0.05, 0) is 36.0 Å². The number of rotatable bonds is 2. The van der Waals surface area contributed by atoms with Crippen molar-refractivity contribution in [1.82, 2.24) is 15.0 Å². The van der Waals surface area contributed by atoms with E-state index in [1.807, 2.05) is 24.3 Å². The van der Waals surface area contributed by atoms with Crippen molar-refractivity contribution in [1.29, 1.82) is 0 Å². The van der Waals surface area contributed by atoms with Gasteiger partial charge in [-0.15, -0.1) is 0 Å². The van der Waals surface area contributed by atoms with E-state index in [4.69, 9.17) is 5.73 Å². The number of hydrogen-bond donors (Lipinski definition) is 2. The highest BCUT2D eigenvalue weighted by molar-refractivity contribution is 7.99. The maximum absolute atomic E-state index is 6.13. The van der Waals surface area contributed by atoms with Gasteiger partial charge in [-0.2, -0.15) is 0 Å². The van der Waals surface area contributed by atoms with Crippen LogP contribution in [0.3, 0.4) is 0 Å². The molecule has 4 nitrogen and oxygen atoms in total. The molecule has 0 atom stereocenters. The van der Waals surface area contributed by atoms with Gasteiger partial charge < -0.3 is 10.7 Å². The van der Waals surface area contributed by atoms with Gasteiger partial charge in [0, 0.05) is 28.9 Å². The predicted octanol–water partition coefficient (Wildman–Crippen LogP) is 2.69. The van der Waals surface area contributed by atoms with E-state index in [1.54, 1.807) is 18.6 Å². The minimum atomic E-state index is 0.747. The molecule has 5 heteroatoms. The Balaban J connectivity index is 2.09. The monoisotopic (exact) mass is 242 g/mol. The number of aromatic nitrogens is 3. The van der Waals surface area contributed by atoms with Crippen LogP contribution in [0.1, 0.15) is 0 Å². The third-order valence-electron chi connectivity index (χ3n) is 2.47. The first kappa shape index (κ1) is 10.2. The number of benzene rings is 1. The van der Waals surface area contributed by atoms with Crippen molar-refractivity contribution in [3.63, 3.8) is 0 Å². The second-order valence-electron chi connectivity index (χ2n) is 3.54. The number of nitrogens with one attached hydrogen (secondary N) is 1. The van der Waals surface area contributed by atoms with Gasteiger partial charge in [0.1, 0.15) is 0 Å². The Morgan fingerprint density at radius 3 is 2.88 bits per heavy atom. The standard InChI is InChI=1S/C12H10N4S/c13-11-8-2-1-5-14-9(8)3-4-10(11)17-12-15-6-7-16-12/h1-7H,13H2,(H,15,16). The molecule has 0 aliphatic heterocycles. The molecule has 2 aromatic heterocycles. The van der Waals surface area contributed by atoms with E-state index in [-0.39, 0.29) is 0 Å². The number of nitrogen functional groups attached to an aromatic ring is 1. The summed E-state index contributed by atoms with van der Waals surface area (Å²) < 4.78 is 0. The number of aromatic amines is 1. The van der Waals surface area contributed by atoms with E-state index in [2.05, 4.69) is 15.0 Å². The first-order valence-corrected chi connectivity index (χ1v) is 5.97. The number of pyridine rings is 1. The molecule has 1 aromatic carbocycles. The zero-order valence-electron chi connectivity index (χ0n) is 8.92. The Kier molecular flexibility index (Phi) is 2.45. The Morgan fingerprint density at radius 1 is 1.12 bits per heavy atom. The lowest BCUT2D eigenvalue weighted by atomic mass is 10.2. The van der Waals surface area contributed by atoms with Crippen molar-refractivity contribution in [2.75, 3.05) is 5.73 Å². The second kappa shape index (κ2) is 4.10. The Hall–Kier alpha value is -2.01. The topological polar surface area (TPSA) is 67.6 Å². The molecule has 0 saturated heterocycles. The summed E-state index contributed by atoms with van der Waals surface area (Å²) in [6, 6.07) is 7.80. The van der Waals surface area contributed by atoms with Crippen molar-refractivity contribution < 1.29 is 0 Å². The molecule has 0 saturated carbocycles. The average molecular weight is 242 g/mol. The SMILES string of the molecule is Nc1c(Sc2ncc[nH]2)ccc2ncccc12. The van der Waals surface area contributed by atoms with Crippen LogP contribution in [0.5, 0.6) is 0 Å². The molecule has 3 aromatic rings. The van der Waals surface area contributed by atoms with Gasteiger partial charge in [0.05, 0.1) is 11.2 Å². The van der Waals surface area contributed by atoms with E-state index in [0.717, 1.165) is 26.6 Å². The summed E-state index contributed by atoms with van der Waals surface area (Å²) in [5, 5.41) is 1.81. The molecule has 0 spiro atoms. The van der Waals surface area contributed by atoms with E-state index in [0.29, 0.717) is 0 Å². The highest BCUT2D eigenvalue weighted by atomic mass is 32.2. The number of nitrogens with two attached hydrogens (primary N) is 1. The molecule has 84 valence electrons. The first-order chi connectivity index (χ1) is 8.34. The minimum absolute atomic E-state index is 0.747. The van der Waals surface area contributed by atoms with E-state index in [9.17, 15) is 0 Å². The van der Waals surface area contributed by atoms with Gasteiger partial charge in [-0.3, -0.25) is 4.98 Å². The number of fused-ring (bicyclic) bond motifs is 1. The number of H-pyrrole nitrogens is 1. The molecule has 3 rings (SSSR count). The maximum Gasteiger partial charge on any atom is 0.170 e. The van der Waals surface area contributed by atoms with Crippen LogP contribution >= 0.6 is 11.8 Å². The maximum atomic E-state index is 6.13. The van der Waals surface area contributed by atoms with Crippen LogP contribution < -0.4 is 5.73 Å². The summed E-state index contributed by atoms with van der Waals surface area (Å²) in [5.74, 6) is 0. The molecule has 0 radical (unpaired) electrons. The smallest absolute Gasteiger partial charge is 0.170 e. The molecule has 0 aliphatic rings. The molecule has 0 unspecified atom stereocenters. The molecule has 3 N–H and O–H groups in total. The van der Waals surface area contributed by atoms with Crippen molar-refractivity contribution in [2.45, 2.75) is 10.1 Å². The molecular weight excluding hydrogens is 232 g/mol. The fourth-order valence-corrected chi connectivity index (χ4v) is 2.46. The van der Waals surface area contributed by atoms with E-state index in [1.165, 1.54) is 11.8 Å². The quantitative estimate of drug-likeness (QED) is 0.678. The van der Waals surface area contributed by atoms with Gasteiger partial charge >= 0.3 is 0 Å².